The number of benzene rings is 2. The number of hydrogen-bond donors (Lipinski definition) is 1. The summed E-state index contributed by atoms with van der Waals surface area (Å²) in [6.07, 6.45) is 1.37. The van der Waals surface area contributed by atoms with E-state index in [1.807, 2.05) is 48.5 Å². The Morgan fingerprint density at radius 2 is 1.40 bits per heavy atom. The van der Waals surface area contributed by atoms with Crippen molar-refractivity contribution in [2.75, 3.05) is 18.0 Å². The molecule has 1 aliphatic rings. The second-order valence-corrected chi connectivity index (χ2v) is 6.39. The van der Waals surface area contributed by atoms with Crippen LogP contribution in [0.1, 0.15) is 12.8 Å². The molecule has 2 aromatic carbocycles. The lowest BCUT2D eigenvalue weighted by Crippen LogP contribution is -2.36. The fraction of sp³-hybridized carbons (Fsp3) is 0.238. The number of aromatic nitrogens is 2. The molecule has 4 nitrogen and oxygen atoms in total. The Hall–Kier alpha value is -2.72. The molecule has 0 aliphatic carbocycles. The van der Waals surface area contributed by atoms with Crippen LogP contribution in [0.4, 0.5) is 5.82 Å². The summed E-state index contributed by atoms with van der Waals surface area (Å²) in [5.41, 5.74) is 3.02. The first kappa shape index (κ1) is 15.8. The minimum atomic E-state index is -0.194. The zero-order valence-electron chi connectivity index (χ0n) is 14.0. The van der Waals surface area contributed by atoms with Crippen LogP contribution in [0.15, 0.2) is 66.7 Å². The van der Waals surface area contributed by atoms with E-state index in [-0.39, 0.29) is 6.10 Å². The molecule has 4 heteroatoms. The number of nitrogens with zero attached hydrogens (tertiary/aromatic N) is 3. The van der Waals surface area contributed by atoms with Crippen LogP contribution in [0.5, 0.6) is 0 Å². The average molecular weight is 331 g/mol. The van der Waals surface area contributed by atoms with E-state index in [1.165, 1.54) is 0 Å². The lowest BCUT2D eigenvalue weighted by molar-refractivity contribution is 0.145. The largest absolute Gasteiger partial charge is 0.393 e. The van der Waals surface area contributed by atoms with Gasteiger partial charge in [-0.1, -0.05) is 60.7 Å². The van der Waals surface area contributed by atoms with E-state index >= 15 is 0 Å². The van der Waals surface area contributed by atoms with E-state index in [2.05, 4.69) is 23.1 Å². The molecule has 1 fully saturated rings. The van der Waals surface area contributed by atoms with Crippen LogP contribution >= 0.6 is 0 Å². The molecule has 2 heterocycles. The second-order valence-electron chi connectivity index (χ2n) is 6.39. The highest BCUT2D eigenvalue weighted by Crippen LogP contribution is 2.27. The maximum Gasteiger partial charge on any atom is 0.162 e. The summed E-state index contributed by atoms with van der Waals surface area (Å²) >= 11 is 0. The van der Waals surface area contributed by atoms with Crippen molar-refractivity contribution in [1.82, 2.24) is 9.97 Å². The standard InChI is InChI=1S/C21H21N3O/c25-18-11-13-24(14-12-18)20-15-19(16-7-3-1-4-8-16)22-21(23-20)17-9-5-2-6-10-17/h1-10,15,18,25H,11-14H2. The van der Waals surface area contributed by atoms with Gasteiger partial charge in [0.2, 0.25) is 0 Å². The van der Waals surface area contributed by atoms with Crippen molar-refractivity contribution in [3.8, 4) is 22.6 Å². The van der Waals surface area contributed by atoms with Crippen molar-refractivity contribution >= 4 is 5.82 Å². The van der Waals surface area contributed by atoms with Gasteiger partial charge >= 0.3 is 0 Å². The number of piperidine rings is 1. The fourth-order valence-corrected chi connectivity index (χ4v) is 3.16. The van der Waals surface area contributed by atoms with Crippen molar-refractivity contribution in [3.05, 3.63) is 66.7 Å². The summed E-state index contributed by atoms with van der Waals surface area (Å²) in [6.45, 7) is 1.64. The highest BCUT2D eigenvalue weighted by Gasteiger charge is 2.20. The third kappa shape index (κ3) is 3.54. The normalized spacial score (nSPS) is 15.3. The van der Waals surface area contributed by atoms with E-state index in [4.69, 9.17) is 9.97 Å². The Morgan fingerprint density at radius 1 is 0.800 bits per heavy atom. The quantitative estimate of drug-likeness (QED) is 0.794. The Balaban J connectivity index is 1.78. The van der Waals surface area contributed by atoms with Crippen LogP contribution in [-0.4, -0.2) is 34.3 Å². The van der Waals surface area contributed by atoms with Gasteiger partial charge in [-0.05, 0) is 12.8 Å². The van der Waals surface area contributed by atoms with Gasteiger partial charge in [0, 0.05) is 30.3 Å². The average Bonchev–Trinajstić information content (AvgIpc) is 2.69. The Morgan fingerprint density at radius 3 is 2.04 bits per heavy atom. The molecule has 0 bridgehead atoms. The highest BCUT2D eigenvalue weighted by atomic mass is 16.3. The Bertz CT molecular complexity index is 771. The van der Waals surface area contributed by atoms with Gasteiger partial charge in [-0.3, -0.25) is 0 Å². The molecule has 0 spiro atoms. The van der Waals surface area contributed by atoms with Crippen LogP contribution in [-0.2, 0) is 0 Å². The molecule has 0 unspecified atom stereocenters. The van der Waals surface area contributed by atoms with Crippen molar-refractivity contribution in [2.24, 2.45) is 0 Å². The number of hydrogen-bond acceptors (Lipinski definition) is 4. The third-order valence-corrected chi connectivity index (χ3v) is 4.60. The van der Waals surface area contributed by atoms with Crippen molar-refractivity contribution in [3.63, 3.8) is 0 Å². The topological polar surface area (TPSA) is 49.2 Å². The van der Waals surface area contributed by atoms with Gasteiger partial charge in [-0.15, -0.1) is 0 Å². The molecule has 1 aliphatic heterocycles. The summed E-state index contributed by atoms with van der Waals surface area (Å²) in [6, 6.07) is 22.3. The van der Waals surface area contributed by atoms with Crippen LogP contribution < -0.4 is 4.90 Å². The maximum atomic E-state index is 9.78. The predicted octanol–water partition coefficient (Wildman–Crippen LogP) is 3.77. The summed E-state index contributed by atoms with van der Waals surface area (Å²) in [7, 11) is 0. The van der Waals surface area contributed by atoms with E-state index in [9.17, 15) is 5.11 Å². The predicted molar refractivity (Wildman–Crippen MR) is 100 cm³/mol. The highest BCUT2D eigenvalue weighted by molar-refractivity contribution is 5.67. The van der Waals surface area contributed by atoms with Crippen LogP contribution in [0.2, 0.25) is 0 Å². The number of aliphatic hydroxyl groups excluding tert-OH is 1. The summed E-state index contributed by atoms with van der Waals surface area (Å²) < 4.78 is 0. The lowest BCUT2D eigenvalue weighted by Gasteiger charge is -2.30. The smallest absolute Gasteiger partial charge is 0.162 e. The van der Waals surface area contributed by atoms with Gasteiger partial charge < -0.3 is 10.0 Å². The molecule has 3 aromatic rings. The molecule has 126 valence electrons. The minimum Gasteiger partial charge on any atom is -0.393 e. The SMILES string of the molecule is OC1CCN(c2cc(-c3ccccc3)nc(-c3ccccc3)n2)CC1. The maximum absolute atomic E-state index is 9.78. The number of anilines is 1. The Labute approximate surface area is 147 Å². The summed E-state index contributed by atoms with van der Waals surface area (Å²) in [4.78, 5) is 11.9. The van der Waals surface area contributed by atoms with Gasteiger partial charge in [0.25, 0.3) is 0 Å². The molecule has 0 amide bonds. The van der Waals surface area contributed by atoms with Crippen molar-refractivity contribution < 1.29 is 5.11 Å². The zero-order chi connectivity index (χ0) is 17.1. The molecule has 1 saturated heterocycles. The van der Waals surface area contributed by atoms with Gasteiger partial charge in [0.05, 0.1) is 11.8 Å². The molecule has 1 aromatic heterocycles. The molecule has 4 rings (SSSR count). The van der Waals surface area contributed by atoms with Gasteiger partial charge in [0.1, 0.15) is 5.82 Å². The first-order valence-electron chi connectivity index (χ1n) is 8.72. The van der Waals surface area contributed by atoms with E-state index in [1.54, 1.807) is 0 Å². The monoisotopic (exact) mass is 331 g/mol. The zero-order valence-corrected chi connectivity index (χ0v) is 14.0. The van der Waals surface area contributed by atoms with Gasteiger partial charge in [-0.2, -0.15) is 0 Å². The number of rotatable bonds is 3. The summed E-state index contributed by atoms with van der Waals surface area (Å²) in [5, 5.41) is 9.78. The van der Waals surface area contributed by atoms with Crippen molar-refractivity contribution in [1.29, 1.82) is 0 Å². The van der Waals surface area contributed by atoms with Crippen LogP contribution in [0.25, 0.3) is 22.6 Å². The molecular weight excluding hydrogens is 310 g/mol. The lowest BCUT2D eigenvalue weighted by atomic mass is 10.1. The first-order valence-corrected chi connectivity index (χ1v) is 8.72. The molecule has 25 heavy (non-hydrogen) atoms. The molecule has 0 saturated carbocycles. The van der Waals surface area contributed by atoms with Gasteiger partial charge in [-0.25, -0.2) is 9.97 Å². The fourth-order valence-electron chi connectivity index (χ4n) is 3.16. The molecular formula is C21H21N3O. The van der Waals surface area contributed by atoms with Gasteiger partial charge in [0.15, 0.2) is 5.82 Å². The number of aliphatic hydroxyl groups is 1. The van der Waals surface area contributed by atoms with E-state index in [0.717, 1.165) is 54.4 Å². The van der Waals surface area contributed by atoms with E-state index < -0.39 is 0 Å². The third-order valence-electron chi connectivity index (χ3n) is 4.60. The minimum absolute atomic E-state index is 0.194. The second kappa shape index (κ2) is 7.03. The summed E-state index contributed by atoms with van der Waals surface area (Å²) in [5.74, 6) is 1.67. The first-order chi connectivity index (χ1) is 12.3. The van der Waals surface area contributed by atoms with E-state index in [0.29, 0.717) is 0 Å². The molecule has 0 radical (unpaired) electrons. The Kier molecular flexibility index (Phi) is 4.44. The molecule has 0 atom stereocenters. The molecule has 1 N–H and O–H groups in total. The van der Waals surface area contributed by atoms with Crippen LogP contribution in [0.3, 0.4) is 0 Å². The van der Waals surface area contributed by atoms with Crippen molar-refractivity contribution in [2.45, 2.75) is 18.9 Å². The van der Waals surface area contributed by atoms with Crippen LogP contribution in [0, 0.1) is 0 Å².